The van der Waals surface area contributed by atoms with E-state index in [2.05, 4.69) is 5.32 Å². The predicted molar refractivity (Wildman–Crippen MR) is 56.6 cm³/mol. The van der Waals surface area contributed by atoms with Gasteiger partial charge >= 0.3 is 5.97 Å². The quantitative estimate of drug-likeness (QED) is 0.441. The first-order valence-corrected chi connectivity index (χ1v) is 4.88. The van der Waals surface area contributed by atoms with Crippen LogP contribution >= 0.6 is 0 Å². The minimum atomic E-state index is -0.936. The van der Waals surface area contributed by atoms with E-state index in [4.69, 9.17) is 15.3 Å². The highest BCUT2D eigenvalue weighted by molar-refractivity contribution is 5.86. The first kappa shape index (κ1) is 14.1. The van der Waals surface area contributed by atoms with E-state index in [-0.39, 0.29) is 13.2 Å². The summed E-state index contributed by atoms with van der Waals surface area (Å²) in [6.07, 6.45) is 2.00. The molecule has 5 nitrogen and oxygen atoms in total. The van der Waals surface area contributed by atoms with Crippen LogP contribution in [0.15, 0.2) is 11.6 Å². The predicted octanol–water partition coefficient (Wildman–Crippen LogP) is -0.260. The van der Waals surface area contributed by atoms with Crippen LogP contribution in [0.3, 0.4) is 0 Å². The SMILES string of the molecule is CCC(=CCNC(C)(CO)CO)C(=O)O. The number of carboxylic acids is 1. The maximum Gasteiger partial charge on any atom is 0.331 e. The van der Waals surface area contributed by atoms with Crippen LogP contribution in [-0.2, 0) is 4.79 Å². The molecule has 0 aromatic heterocycles. The number of aliphatic hydroxyl groups excluding tert-OH is 2. The van der Waals surface area contributed by atoms with Gasteiger partial charge in [0.15, 0.2) is 0 Å². The van der Waals surface area contributed by atoms with Crippen molar-refractivity contribution in [3.05, 3.63) is 11.6 Å². The summed E-state index contributed by atoms with van der Waals surface area (Å²) in [7, 11) is 0. The van der Waals surface area contributed by atoms with Crippen molar-refractivity contribution < 1.29 is 20.1 Å². The van der Waals surface area contributed by atoms with Gasteiger partial charge in [0.25, 0.3) is 0 Å². The van der Waals surface area contributed by atoms with Gasteiger partial charge in [-0.15, -0.1) is 0 Å². The Morgan fingerprint density at radius 3 is 2.27 bits per heavy atom. The molecule has 15 heavy (non-hydrogen) atoms. The lowest BCUT2D eigenvalue weighted by molar-refractivity contribution is -0.132. The molecule has 4 N–H and O–H groups in total. The van der Waals surface area contributed by atoms with Crippen molar-refractivity contribution in [3.8, 4) is 0 Å². The van der Waals surface area contributed by atoms with E-state index in [0.29, 0.717) is 18.5 Å². The zero-order valence-corrected chi connectivity index (χ0v) is 9.16. The molecule has 0 aliphatic heterocycles. The van der Waals surface area contributed by atoms with Gasteiger partial charge in [0.2, 0.25) is 0 Å². The maximum atomic E-state index is 10.6. The molecule has 0 amide bonds. The summed E-state index contributed by atoms with van der Waals surface area (Å²) in [5, 5.41) is 29.5. The molecule has 88 valence electrons. The van der Waals surface area contributed by atoms with Crippen LogP contribution in [0.5, 0.6) is 0 Å². The minimum absolute atomic E-state index is 0.203. The van der Waals surface area contributed by atoms with Crippen molar-refractivity contribution in [2.45, 2.75) is 25.8 Å². The number of aliphatic hydroxyl groups is 2. The Bertz CT molecular complexity index is 234. The highest BCUT2D eigenvalue weighted by Crippen LogP contribution is 2.02. The third kappa shape index (κ3) is 4.92. The average Bonchev–Trinajstić information content (AvgIpc) is 2.23. The monoisotopic (exact) mass is 217 g/mol. The lowest BCUT2D eigenvalue weighted by Gasteiger charge is -2.25. The van der Waals surface area contributed by atoms with Crippen LogP contribution in [0, 0.1) is 0 Å². The Morgan fingerprint density at radius 2 is 1.93 bits per heavy atom. The number of rotatable bonds is 7. The molecule has 0 rings (SSSR count). The normalized spacial score (nSPS) is 12.9. The van der Waals surface area contributed by atoms with Crippen molar-refractivity contribution in [3.63, 3.8) is 0 Å². The zero-order chi connectivity index (χ0) is 11.9. The number of carbonyl (C=O) groups is 1. The number of carboxylic acid groups (broad SMARTS) is 1. The van der Waals surface area contributed by atoms with Gasteiger partial charge in [0.1, 0.15) is 0 Å². The van der Waals surface area contributed by atoms with Gasteiger partial charge in [-0.2, -0.15) is 0 Å². The molecule has 0 aliphatic carbocycles. The molecule has 0 unspecified atom stereocenters. The van der Waals surface area contributed by atoms with Crippen LogP contribution in [0.1, 0.15) is 20.3 Å². The fourth-order valence-corrected chi connectivity index (χ4v) is 0.965. The molecule has 0 aromatic rings. The van der Waals surface area contributed by atoms with Crippen molar-refractivity contribution in [2.75, 3.05) is 19.8 Å². The van der Waals surface area contributed by atoms with Gasteiger partial charge in [-0.25, -0.2) is 4.79 Å². The molecule has 0 spiro atoms. The van der Waals surface area contributed by atoms with E-state index >= 15 is 0 Å². The highest BCUT2D eigenvalue weighted by Gasteiger charge is 2.20. The van der Waals surface area contributed by atoms with Crippen LogP contribution in [-0.4, -0.2) is 46.6 Å². The molecule has 0 aliphatic rings. The Kier molecular flexibility index (Phi) is 6.15. The fourth-order valence-electron chi connectivity index (χ4n) is 0.965. The summed E-state index contributed by atoms with van der Waals surface area (Å²) in [5.41, 5.74) is -0.450. The van der Waals surface area contributed by atoms with Crippen molar-refractivity contribution in [1.29, 1.82) is 0 Å². The molecule has 0 bridgehead atoms. The summed E-state index contributed by atoms with van der Waals surface area (Å²) in [5.74, 6) is -0.936. The summed E-state index contributed by atoms with van der Waals surface area (Å²) >= 11 is 0. The molecule has 0 saturated carbocycles. The third-order valence-corrected chi connectivity index (χ3v) is 2.23. The Morgan fingerprint density at radius 1 is 1.40 bits per heavy atom. The Hall–Kier alpha value is -0.910. The van der Waals surface area contributed by atoms with E-state index in [9.17, 15) is 4.79 Å². The topological polar surface area (TPSA) is 89.8 Å². The largest absolute Gasteiger partial charge is 0.478 e. The minimum Gasteiger partial charge on any atom is -0.478 e. The summed E-state index contributed by atoms with van der Waals surface area (Å²) < 4.78 is 0. The van der Waals surface area contributed by atoms with E-state index in [1.165, 1.54) is 0 Å². The lowest BCUT2D eigenvalue weighted by Crippen LogP contribution is -2.49. The Balaban J connectivity index is 4.21. The number of nitrogens with one attached hydrogen (secondary N) is 1. The molecule has 0 fully saturated rings. The molecule has 0 saturated heterocycles. The van der Waals surface area contributed by atoms with Crippen LogP contribution in [0.2, 0.25) is 0 Å². The summed E-state index contributed by atoms with van der Waals surface area (Å²) in [6, 6.07) is 0. The second kappa shape index (κ2) is 6.55. The number of hydrogen-bond donors (Lipinski definition) is 4. The first-order valence-electron chi connectivity index (χ1n) is 4.88. The molecule has 0 atom stereocenters. The first-order chi connectivity index (χ1) is 6.99. The fraction of sp³-hybridized carbons (Fsp3) is 0.700. The van der Waals surface area contributed by atoms with Crippen molar-refractivity contribution in [1.82, 2.24) is 5.32 Å². The third-order valence-electron chi connectivity index (χ3n) is 2.23. The van der Waals surface area contributed by atoms with Crippen LogP contribution in [0.4, 0.5) is 0 Å². The molecule has 0 heterocycles. The summed E-state index contributed by atoms with van der Waals surface area (Å²) in [6.45, 7) is 3.33. The van der Waals surface area contributed by atoms with E-state index in [0.717, 1.165) is 0 Å². The maximum absolute atomic E-state index is 10.6. The van der Waals surface area contributed by atoms with Crippen molar-refractivity contribution >= 4 is 5.97 Å². The molecular weight excluding hydrogens is 198 g/mol. The lowest BCUT2D eigenvalue weighted by atomic mass is 10.1. The summed E-state index contributed by atoms with van der Waals surface area (Å²) in [4.78, 5) is 10.6. The second-order valence-electron chi connectivity index (χ2n) is 3.65. The van der Waals surface area contributed by atoms with Crippen LogP contribution in [0.25, 0.3) is 0 Å². The molecule has 0 aromatic carbocycles. The zero-order valence-electron chi connectivity index (χ0n) is 9.16. The van der Waals surface area contributed by atoms with Gasteiger partial charge in [0, 0.05) is 12.1 Å². The number of hydrogen-bond acceptors (Lipinski definition) is 4. The molecule has 5 heteroatoms. The number of aliphatic carboxylic acids is 1. The van der Waals surface area contributed by atoms with Crippen LogP contribution < -0.4 is 5.32 Å². The van der Waals surface area contributed by atoms with E-state index < -0.39 is 11.5 Å². The standard InChI is InChI=1S/C10H19NO4/c1-3-8(9(14)15)4-5-11-10(2,6-12)7-13/h4,11-13H,3,5-7H2,1-2H3,(H,14,15). The van der Waals surface area contributed by atoms with Gasteiger partial charge < -0.3 is 20.6 Å². The van der Waals surface area contributed by atoms with E-state index in [1.54, 1.807) is 19.9 Å². The highest BCUT2D eigenvalue weighted by atomic mass is 16.4. The van der Waals surface area contributed by atoms with Crippen molar-refractivity contribution in [2.24, 2.45) is 0 Å². The van der Waals surface area contributed by atoms with Gasteiger partial charge in [-0.3, -0.25) is 0 Å². The van der Waals surface area contributed by atoms with Gasteiger partial charge in [-0.1, -0.05) is 13.0 Å². The smallest absolute Gasteiger partial charge is 0.331 e. The second-order valence-corrected chi connectivity index (χ2v) is 3.65. The molecular formula is C10H19NO4. The van der Waals surface area contributed by atoms with E-state index in [1.807, 2.05) is 0 Å². The van der Waals surface area contributed by atoms with Gasteiger partial charge in [0.05, 0.1) is 18.8 Å². The van der Waals surface area contributed by atoms with Gasteiger partial charge in [-0.05, 0) is 13.3 Å². The average molecular weight is 217 g/mol. The molecule has 0 radical (unpaired) electrons. The Labute approximate surface area is 89.4 Å².